The summed E-state index contributed by atoms with van der Waals surface area (Å²) in [5.74, 6) is 0.229. The first-order chi connectivity index (χ1) is 12.6. The van der Waals surface area contributed by atoms with Crippen molar-refractivity contribution in [3.05, 3.63) is 65.2 Å². The van der Waals surface area contributed by atoms with E-state index >= 15 is 0 Å². The highest BCUT2D eigenvalue weighted by atomic mass is 32.2. The molecule has 2 rings (SSSR count). The number of hydrogen-bond acceptors (Lipinski definition) is 3. The van der Waals surface area contributed by atoms with Crippen molar-refractivity contribution in [3.8, 4) is 0 Å². The van der Waals surface area contributed by atoms with E-state index in [4.69, 9.17) is 0 Å². The maximum Gasteiger partial charge on any atom is 0.251 e. The second kappa shape index (κ2) is 8.57. The summed E-state index contributed by atoms with van der Waals surface area (Å²) in [6.45, 7) is 8.23. The Morgan fingerprint density at radius 3 is 2.22 bits per heavy atom. The Morgan fingerprint density at radius 1 is 1.07 bits per heavy atom. The van der Waals surface area contributed by atoms with Gasteiger partial charge >= 0.3 is 0 Å². The molecule has 5 nitrogen and oxygen atoms in total. The van der Waals surface area contributed by atoms with Gasteiger partial charge in [0, 0.05) is 11.6 Å². The summed E-state index contributed by atoms with van der Waals surface area (Å²) in [5.41, 5.74) is 3.00. The molecule has 0 radical (unpaired) electrons. The van der Waals surface area contributed by atoms with E-state index in [1.54, 1.807) is 30.3 Å². The third-order valence-corrected chi connectivity index (χ3v) is 5.73. The zero-order chi connectivity index (χ0) is 20.2. The average molecular weight is 389 g/mol. The summed E-state index contributed by atoms with van der Waals surface area (Å²) in [6, 6.07) is 14.5. The smallest absolute Gasteiger partial charge is 0.251 e. The van der Waals surface area contributed by atoms with Crippen molar-refractivity contribution in [2.45, 2.75) is 40.3 Å². The van der Waals surface area contributed by atoms with Gasteiger partial charge in [-0.3, -0.25) is 9.10 Å². The van der Waals surface area contributed by atoms with Crippen LogP contribution in [-0.4, -0.2) is 26.6 Å². The lowest BCUT2D eigenvalue weighted by Gasteiger charge is -2.23. The van der Waals surface area contributed by atoms with E-state index in [9.17, 15) is 13.2 Å². The summed E-state index contributed by atoms with van der Waals surface area (Å²) >= 11 is 0. The first-order valence-electron chi connectivity index (χ1n) is 9.02. The van der Waals surface area contributed by atoms with Gasteiger partial charge in [0.2, 0.25) is 10.0 Å². The van der Waals surface area contributed by atoms with Crippen molar-refractivity contribution in [2.75, 3.05) is 10.6 Å². The van der Waals surface area contributed by atoms with Gasteiger partial charge < -0.3 is 5.32 Å². The molecule has 0 unspecified atom stereocenters. The Hall–Kier alpha value is -2.34. The van der Waals surface area contributed by atoms with Crippen LogP contribution in [0.3, 0.4) is 0 Å². The van der Waals surface area contributed by atoms with Crippen molar-refractivity contribution in [3.63, 3.8) is 0 Å². The number of hydrogen-bond donors (Lipinski definition) is 1. The third-order valence-electron chi connectivity index (χ3n) is 4.59. The highest BCUT2D eigenvalue weighted by Crippen LogP contribution is 2.22. The van der Waals surface area contributed by atoms with Crippen LogP contribution in [0.1, 0.15) is 42.3 Å². The molecule has 0 aliphatic carbocycles. The monoisotopic (exact) mass is 388 g/mol. The molecule has 146 valence electrons. The van der Waals surface area contributed by atoms with E-state index in [1.165, 1.54) is 10.6 Å². The minimum Gasteiger partial charge on any atom is -0.349 e. The van der Waals surface area contributed by atoms with Crippen LogP contribution in [0.5, 0.6) is 0 Å². The first kappa shape index (κ1) is 21.0. The van der Waals surface area contributed by atoms with E-state index in [2.05, 4.69) is 19.2 Å². The van der Waals surface area contributed by atoms with Crippen molar-refractivity contribution < 1.29 is 13.2 Å². The predicted molar refractivity (Wildman–Crippen MR) is 110 cm³/mol. The van der Waals surface area contributed by atoms with Crippen LogP contribution in [0, 0.1) is 12.8 Å². The molecule has 6 heteroatoms. The molecule has 1 amide bonds. The number of amides is 1. The molecule has 0 aliphatic rings. The Bertz CT molecular complexity index is 890. The first-order valence-corrected chi connectivity index (χ1v) is 10.9. The molecule has 27 heavy (non-hydrogen) atoms. The normalized spacial score (nSPS) is 12.7. The third kappa shape index (κ3) is 5.82. The molecular weight excluding hydrogens is 360 g/mol. The predicted octanol–water partition coefficient (Wildman–Crippen LogP) is 3.74. The van der Waals surface area contributed by atoms with Gasteiger partial charge in [0.1, 0.15) is 0 Å². The van der Waals surface area contributed by atoms with E-state index in [0.29, 0.717) is 17.2 Å². The van der Waals surface area contributed by atoms with Crippen molar-refractivity contribution in [1.29, 1.82) is 0 Å². The van der Waals surface area contributed by atoms with Crippen LogP contribution in [0.2, 0.25) is 0 Å². The lowest BCUT2D eigenvalue weighted by atomic mass is 10.1. The highest BCUT2D eigenvalue weighted by molar-refractivity contribution is 7.92. The van der Waals surface area contributed by atoms with Gasteiger partial charge in [-0.1, -0.05) is 38.1 Å². The second-order valence-corrected chi connectivity index (χ2v) is 9.22. The van der Waals surface area contributed by atoms with Gasteiger partial charge in [-0.15, -0.1) is 0 Å². The minimum absolute atomic E-state index is 0.0826. The van der Waals surface area contributed by atoms with Crippen LogP contribution in [0.4, 0.5) is 5.69 Å². The summed E-state index contributed by atoms with van der Waals surface area (Å²) in [4.78, 5) is 12.3. The summed E-state index contributed by atoms with van der Waals surface area (Å²) in [7, 11) is -3.43. The zero-order valence-corrected chi connectivity index (χ0v) is 17.4. The lowest BCUT2D eigenvalue weighted by molar-refractivity contribution is 0.0930. The van der Waals surface area contributed by atoms with Gasteiger partial charge in [-0.25, -0.2) is 8.42 Å². The standard InChI is InChI=1S/C21H28N2O3S/c1-15(2)17(4)22-21(24)19-11-9-18(10-12-19)14-23(27(5,25)26)20-8-6-7-16(3)13-20/h6-13,15,17H,14H2,1-5H3,(H,22,24)/t17-/m1/s1. The van der Waals surface area contributed by atoms with Gasteiger partial charge in [0.25, 0.3) is 5.91 Å². The van der Waals surface area contributed by atoms with E-state index in [1.807, 2.05) is 32.0 Å². The maximum absolute atomic E-state index is 12.3. The SMILES string of the molecule is Cc1cccc(N(Cc2ccc(C(=O)N[C@H](C)C(C)C)cc2)S(C)(=O)=O)c1. The van der Waals surface area contributed by atoms with Gasteiger partial charge in [0.05, 0.1) is 18.5 Å². The van der Waals surface area contributed by atoms with Crippen LogP contribution < -0.4 is 9.62 Å². The van der Waals surface area contributed by atoms with Gasteiger partial charge in [-0.05, 0) is 55.2 Å². The number of nitrogens with one attached hydrogen (secondary N) is 1. The van der Waals surface area contributed by atoms with Crippen LogP contribution >= 0.6 is 0 Å². The fourth-order valence-electron chi connectivity index (χ4n) is 2.57. The van der Waals surface area contributed by atoms with E-state index in [0.717, 1.165) is 11.1 Å². The van der Waals surface area contributed by atoms with Crippen molar-refractivity contribution in [1.82, 2.24) is 5.32 Å². The lowest BCUT2D eigenvalue weighted by Crippen LogP contribution is -2.36. The number of carbonyl (C=O) groups excluding carboxylic acids is 1. The largest absolute Gasteiger partial charge is 0.349 e. The number of sulfonamides is 1. The molecule has 0 heterocycles. The van der Waals surface area contributed by atoms with Crippen LogP contribution in [0.25, 0.3) is 0 Å². The fourth-order valence-corrected chi connectivity index (χ4v) is 3.45. The fraction of sp³-hybridized carbons (Fsp3) is 0.381. The van der Waals surface area contributed by atoms with Crippen LogP contribution in [-0.2, 0) is 16.6 Å². The number of rotatable bonds is 7. The summed E-state index contributed by atoms with van der Waals surface area (Å²) in [6.07, 6.45) is 1.20. The van der Waals surface area contributed by atoms with E-state index in [-0.39, 0.29) is 18.5 Å². The molecule has 1 atom stereocenters. The molecule has 0 aliphatic heterocycles. The van der Waals surface area contributed by atoms with E-state index < -0.39 is 10.0 Å². The summed E-state index contributed by atoms with van der Waals surface area (Å²) in [5, 5.41) is 2.97. The van der Waals surface area contributed by atoms with Gasteiger partial charge in [-0.2, -0.15) is 0 Å². The second-order valence-electron chi connectivity index (χ2n) is 7.31. The number of benzene rings is 2. The Morgan fingerprint density at radius 2 is 1.70 bits per heavy atom. The molecule has 1 N–H and O–H groups in total. The number of anilines is 1. The quantitative estimate of drug-likeness (QED) is 0.786. The maximum atomic E-state index is 12.3. The topological polar surface area (TPSA) is 66.5 Å². The number of nitrogens with zero attached hydrogens (tertiary/aromatic N) is 1. The average Bonchev–Trinajstić information content (AvgIpc) is 2.59. The highest BCUT2D eigenvalue weighted by Gasteiger charge is 2.18. The molecule has 0 saturated carbocycles. The molecule has 0 spiro atoms. The zero-order valence-electron chi connectivity index (χ0n) is 16.6. The Balaban J connectivity index is 2.19. The number of carbonyl (C=O) groups is 1. The van der Waals surface area contributed by atoms with Crippen LogP contribution in [0.15, 0.2) is 48.5 Å². The molecular formula is C21H28N2O3S. The Labute approximate surface area is 162 Å². The van der Waals surface area contributed by atoms with Crippen molar-refractivity contribution >= 4 is 21.6 Å². The Kier molecular flexibility index (Phi) is 6.65. The molecule has 0 saturated heterocycles. The molecule has 2 aromatic carbocycles. The minimum atomic E-state index is -3.43. The molecule has 0 aromatic heterocycles. The molecule has 2 aromatic rings. The number of aryl methyl sites for hydroxylation is 1. The molecule has 0 fully saturated rings. The molecule has 0 bridgehead atoms. The van der Waals surface area contributed by atoms with Gasteiger partial charge in [0.15, 0.2) is 0 Å². The summed E-state index contributed by atoms with van der Waals surface area (Å²) < 4.78 is 25.9. The van der Waals surface area contributed by atoms with Crippen molar-refractivity contribution in [2.24, 2.45) is 5.92 Å².